The van der Waals surface area contributed by atoms with E-state index in [0.717, 1.165) is 37.7 Å². The average molecular weight is 489 g/mol. The fraction of sp³-hybridized carbons (Fsp3) is 0.619. The van der Waals surface area contributed by atoms with Gasteiger partial charge in [-0.25, -0.2) is 0 Å². The summed E-state index contributed by atoms with van der Waals surface area (Å²) in [5, 5.41) is 3.96. The third-order valence-corrected chi connectivity index (χ3v) is 8.00. The second-order valence-corrected chi connectivity index (χ2v) is 11.3. The maximum Gasteiger partial charge on any atom is 0.312 e. The minimum Gasteiger partial charge on any atom is -0.455 e. The molecule has 4 aliphatic carbocycles. The first-order chi connectivity index (χ1) is 13.3. The van der Waals surface area contributed by atoms with Crippen LogP contribution in [0.4, 0.5) is 0 Å². The van der Waals surface area contributed by atoms with Crippen molar-refractivity contribution < 1.29 is 14.3 Å². The van der Waals surface area contributed by atoms with Gasteiger partial charge in [-0.15, -0.1) is 0 Å². The number of benzene rings is 1. The topological polar surface area (TPSA) is 55.4 Å². The Kier molecular flexibility index (Phi) is 5.71. The van der Waals surface area contributed by atoms with Gasteiger partial charge in [-0.3, -0.25) is 9.59 Å². The Hall–Kier alpha value is -0.780. The zero-order chi connectivity index (χ0) is 19.9. The van der Waals surface area contributed by atoms with Crippen LogP contribution in [0.25, 0.3) is 0 Å². The molecule has 1 aromatic carbocycles. The van der Waals surface area contributed by atoms with Crippen molar-refractivity contribution in [1.82, 2.24) is 5.32 Å². The number of esters is 1. The highest BCUT2D eigenvalue weighted by atomic mass is 79.9. The largest absolute Gasteiger partial charge is 0.455 e. The van der Waals surface area contributed by atoms with Crippen LogP contribution in [0.2, 0.25) is 10.0 Å². The van der Waals surface area contributed by atoms with Gasteiger partial charge in [0, 0.05) is 20.9 Å². The predicted molar refractivity (Wildman–Crippen MR) is 113 cm³/mol. The van der Waals surface area contributed by atoms with Crippen LogP contribution in [-0.4, -0.2) is 29.4 Å². The van der Waals surface area contributed by atoms with Gasteiger partial charge in [-0.1, -0.05) is 45.2 Å². The van der Waals surface area contributed by atoms with Crippen LogP contribution in [0, 0.1) is 17.3 Å². The van der Waals surface area contributed by atoms with Crippen molar-refractivity contribution in [3.05, 3.63) is 33.8 Å². The van der Waals surface area contributed by atoms with Crippen LogP contribution in [0.15, 0.2) is 18.2 Å². The molecule has 0 saturated heterocycles. The molecule has 152 valence electrons. The Balaban J connectivity index is 1.25. The van der Waals surface area contributed by atoms with E-state index >= 15 is 0 Å². The molecule has 7 heteroatoms. The summed E-state index contributed by atoms with van der Waals surface area (Å²) in [5.41, 5.74) is 0.518. The molecule has 4 aliphatic rings. The molecule has 1 aromatic rings. The zero-order valence-electron chi connectivity index (χ0n) is 15.6. The van der Waals surface area contributed by atoms with E-state index in [0.29, 0.717) is 34.8 Å². The summed E-state index contributed by atoms with van der Waals surface area (Å²) in [6, 6.07) is 5.30. The molecule has 1 N–H and O–H groups in total. The van der Waals surface area contributed by atoms with Crippen molar-refractivity contribution in [2.45, 2.75) is 49.3 Å². The summed E-state index contributed by atoms with van der Waals surface area (Å²) in [6.07, 6.45) is 6.80. The zero-order valence-corrected chi connectivity index (χ0v) is 18.7. The Morgan fingerprint density at radius 1 is 1.18 bits per heavy atom. The molecule has 4 bridgehead atoms. The Morgan fingerprint density at radius 2 is 1.89 bits per heavy atom. The first-order valence-corrected chi connectivity index (χ1v) is 11.4. The maximum absolute atomic E-state index is 12.9. The fourth-order valence-electron chi connectivity index (χ4n) is 5.79. The molecule has 0 spiro atoms. The van der Waals surface area contributed by atoms with E-state index in [-0.39, 0.29) is 22.8 Å². The summed E-state index contributed by atoms with van der Waals surface area (Å²) in [7, 11) is 0. The van der Waals surface area contributed by atoms with E-state index in [9.17, 15) is 9.59 Å². The molecule has 0 aromatic heterocycles. The molecule has 4 fully saturated rings. The molecule has 28 heavy (non-hydrogen) atoms. The quantitative estimate of drug-likeness (QED) is 0.456. The maximum atomic E-state index is 12.9. The minimum atomic E-state index is -0.398. The van der Waals surface area contributed by atoms with Crippen LogP contribution >= 0.6 is 39.1 Å². The summed E-state index contributed by atoms with van der Waals surface area (Å²) in [6.45, 7) is 0.205. The Labute approximate surface area is 183 Å². The Bertz CT molecular complexity index is 786. The third kappa shape index (κ3) is 4.22. The van der Waals surface area contributed by atoms with E-state index in [2.05, 4.69) is 21.2 Å². The number of carbonyl (C=O) groups excluding carboxylic acids is 2. The lowest BCUT2D eigenvalue weighted by atomic mass is 9.49. The first kappa shape index (κ1) is 20.5. The number of alkyl halides is 1. The molecular weight excluding hydrogens is 465 g/mol. The summed E-state index contributed by atoms with van der Waals surface area (Å²) in [5.74, 6) is 0.732. The number of ether oxygens (including phenoxy) is 1. The minimum absolute atomic E-state index is 0.0935. The smallest absolute Gasteiger partial charge is 0.312 e. The van der Waals surface area contributed by atoms with Gasteiger partial charge in [0.1, 0.15) is 0 Å². The van der Waals surface area contributed by atoms with Gasteiger partial charge < -0.3 is 10.1 Å². The van der Waals surface area contributed by atoms with Gasteiger partial charge in [0.15, 0.2) is 6.61 Å². The molecule has 0 radical (unpaired) electrons. The number of nitrogens with one attached hydrogen (secondary N) is 1. The predicted octanol–water partition coefficient (Wildman–Crippen LogP) is 4.93. The van der Waals surface area contributed by atoms with Gasteiger partial charge in [0.05, 0.1) is 5.41 Å². The molecule has 5 rings (SSSR count). The lowest BCUT2D eigenvalue weighted by Crippen LogP contribution is -2.56. The lowest BCUT2D eigenvalue weighted by molar-refractivity contribution is -0.171. The van der Waals surface area contributed by atoms with Crippen LogP contribution in [0.3, 0.4) is 0 Å². The van der Waals surface area contributed by atoms with Crippen LogP contribution in [0.1, 0.15) is 44.1 Å². The van der Waals surface area contributed by atoms with Crippen LogP contribution < -0.4 is 5.32 Å². The SMILES string of the molecule is O=C(COC(=O)C12CC3CC(CC(Br)(C3)C1)C2)NCCc1ccc(Cl)cc1Cl. The average Bonchev–Trinajstić information content (AvgIpc) is 2.59. The van der Waals surface area contributed by atoms with Gasteiger partial charge in [-0.2, -0.15) is 0 Å². The fourth-order valence-corrected chi connectivity index (χ4v) is 7.74. The second-order valence-electron chi connectivity index (χ2n) is 8.80. The number of halogens is 3. The van der Waals surface area contributed by atoms with Gasteiger partial charge in [-0.05, 0) is 74.5 Å². The van der Waals surface area contributed by atoms with E-state index in [4.69, 9.17) is 27.9 Å². The monoisotopic (exact) mass is 487 g/mol. The molecule has 4 nitrogen and oxygen atoms in total. The molecule has 2 unspecified atom stereocenters. The van der Waals surface area contributed by atoms with Crippen molar-refractivity contribution in [2.24, 2.45) is 17.3 Å². The third-order valence-electron chi connectivity index (χ3n) is 6.49. The summed E-state index contributed by atoms with van der Waals surface area (Å²) < 4.78 is 5.55. The van der Waals surface area contributed by atoms with E-state index in [1.54, 1.807) is 12.1 Å². The standard InChI is InChI=1S/C21H24BrCl2NO3/c22-21-9-13-5-14(10-21)8-20(7-13,12-21)19(27)28-11-18(26)25-4-3-15-1-2-16(23)6-17(15)24/h1-2,6,13-14H,3-5,7-12H2,(H,25,26). The van der Waals surface area contributed by atoms with Crippen molar-refractivity contribution in [2.75, 3.05) is 13.2 Å². The summed E-state index contributed by atoms with van der Waals surface area (Å²) >= 11 is 15.9. The van der Waals surface area contributed by atoms with Crippen molar-refractivity contribution in [3.63, 3.8) is 0 Å². The molecule has 0 heterocycles. The molecular formula is C21H24BrCl2NO3. The number of hydrogen-bond donors (Lipinski definition) is 1. The molecule has 4 saturated carbocycles. The van der Waals surface area contributed by atoms with Gasteiger partial charge in [0.25, 0.3) is 5.91 Å². The molecule has 0 aliphatic heterocycles. The van der Waals surface area contributed by atoms with E-state index in [1.165, 1.54) is 6.42 Å². The number of hydrogen-bond acceptors (Lipinski definition) is 3. The number of amides is 1. The lowest BCUT2D eigenvalue weighted by Gasteiger charge is -2.58. The highest BCUT2D eigenvalue weighted by Crippen LogP contribution is 2.64. The highest BCUT2D eigenvalue weighted by Gasteiger charge is 2.60. The summed E-state index contributed by atoms with van der Waals surface area (Å²) in [4.78, 5) is 25.0. The van der Waals surface area contributed by atoms with E-state index in [1.807, 2.05) is 6.07 Å². The van der Waals surface area contributed by atoms with E-state index < -0.39 is 5.41 Å². The molecule has 1 amide bonds. The van der Waals surface area contributed by atoms with Crippen molar-refractivity contribution in [3.8, 4) is 0 Å². The second kappa shape index (κ2) is 7.81. The highest BCUT2D eigenvalue weighted by molar-refractivity contribution is 9.10. The van der Waals surface area contributed by atoms with Gasteiger partial charge >= 0.3 is 5.97 Å². The van der Waals surface area contributed by atoms with Crippen LogP contribution in [-0.2, 0) is 20.7 Å². The first-order valence-electron chi connectivity index (χ1n) is 9.84. The number of rotatable bonds is 6. The van der Waals surface area contributed by atoms with Crippen molar-refractivity contribution >= 4 is 51.0 Å². The number of carbonyl (C=O) groups is 2. The Morgan fingerprint density at radius 3 is 2.54 bits per heavy atom. The van der Waals surface area contributed by atoms with Crippen molar-refractivity contribution in [1.29, 1.82) is 0 Å². The van der Waals surface area contributed by atoms with Gasteiger partial charge in [0.2, 0.25) is 0 Å². The molecule has 2 atom stereocenters. The van der Waals surface area contributed by atoms with Crippen LogP contribution in [0.5, 0.6) is 0 Å². The normalized spacial score (nSPS) is 33.0.